The number of hydrogen-bond donors (Lipinski definition) is 1. The van der Waals surface area contributed by atoms with Crippen molar-refractivity contribution < 1.29 is 31.4 Å². The predicted molar refractivity (Wildman–Crippen MR) is 53.2 cm³/mol. The molecule has 0 aromatic heterocycles. The van der Waals surface area contributed by atoms with E-state index in [2.05, 4.69) is 0 Å². The van der Waals surface area contributed by atoms with Crippen molar-refractivity contribution in [3.63, 3.8) is 0 Å². The maximum atomic E-state index is 13.6. The molecule has 1 unspecified atom stereocenters. The third kappa shape index (κ3) is 3.10. The maximum absolute atomic E-state index is 13.6. The fourth-order valence-corrected chi connectivity index (χ4v) is 2.26. The Kier molecular flexibility index (Phi) is 4.56. The number of halogens is 6. The first-order chi connectivity index (χ1) is 8.11. The molecule has 0 bridgehead atoms. The van der Waals surface area contributed by atoms with Crippen molar-refractivity contribution in [1.82, 2.24) is 0 Å². The van der Waals surface area contributed by atoms with Gasteiger partial charge in [-0.3, -0.25) is 0 Å². The molecule has 0 aliphatic heterocycles. The molecule has 0 aromatic carbocycles. The van der Waals surface area contributed by atoms with Crippen molar-refractivity contribution in [1.29, 1.82) is 0 Å². The number of hydrogen-bond acceptors (Lipinski definition) is 1. The Morgan fingerprint density at radius 3 is 1.61 bits per heavy atom. The van der Waals surface area contributed by atoms with Crippen LogP contribution >= 0.6 is 0 Å². The summed E-state index contributed by atoms with van der Waals surface area (Å²) in [7, 11) is 0. The van der Waals surface area contributed by atoms with E-state index >= 15 is 0 Å². The van der Waals surface area contributed by atoms with Crippen molar-refractivity contribution in [2.24, 2.45) is 0 Å². The molecule has 1 rings (SSSR count). The van der Waals surface area contributed by atoms with Gasteiger partial charge in [0.05, 0.1) is 0 Å². The van der Waals surface area contributed by atoms with E-state index < -0.39 is 36.7 Å². The molecule has 0 amide bonds. The second-order valence-corrected chi connectivity index (χ2v) is 4.83. The molecule has 0 spiro atoms. The van der Waals surface area contributed by atoms with Crippen molar-refractivity contribution in [2.75, 3.05) is 0 Å². The highest BCUT2D eigenvalue weighted by Gasteiger charge is 2.66. The largest absolute Gasteiger partial charge is 0.425 e. The smallest absolute Gasteiger partial charge is 0.383 e. The topological polar surface area (TPSA) is 20.2 Å². The SMILES string of the molecule is OC1(C(F)(F)C(F)C(F)(F)F)CCCCCCC1. The highest BCUT2D eigenvalue weighted by atomic mass is 19.4. The summed E-state index contributed by atoms with van der Waals surface area (Å²) in [6.07, 6.45) is -8.74. The van der Waals surface area contributed by atoms with Crippen molar-refractivity contribution in [3.8, 4) is 0 Å². The lowest BCUT2D eigenvalue weighted by molar-refractivity contribution is -0.296. The molecule has 1 aliphatic carbocycles. The quantitative estimate of drug-likeness (QED) is 0.757. The molecule has 18 heavy (non-hydrogen) atoms. The van der Waals surface area contributed by atoms with Gasteiger partial charge in [0.25, 0.3) is 6.17 Å². The van der Waals surface area contributed by atoms with Crippen LogP contribution in [0.25, 0.3) is 0 Å². The first kappa shape index (κ1) is 15.6. The lowest BCUT2D eigenvalue weighted by atomic mass is 9.80. The van der Waals surface area contributed by atoms with Crippen molar-refractivity contribution in [3.05, 3.63) is 0 Å². The molecule has 1 atom stereocenters. The van der Waals surface area contributed by atoms with Gasteiger partial charge in [0, 0.05) is 0 Å². The molecule has 0 saturated heterocycles. The van der Waals surface area contributed by atoms with E-state index in [0.717, 1.165) is 6.42 Å². The average molecular weight is 278 g/mol. The minimum absolute atomic E-state index is 0.177. The highest BCUT2D eigenvalue weighted by Crippen LogP contribution is 2.46. The Bertz CT molecular complexity index is 267. The normalized spacial score (nSPS) is 24.2. The molecular formula is C11H16F6O. The highest BCUT2D eigenvalue weighted by molar-refractivity contribution is 5.00. The van der Waals surface area contributed by atoms with Crippen molar-refractivity contribution >= 4 is 0 Å². The van der Waals surface area contributed by atoms with Crippen LogP contribution in [0.5, 0.6) is 0 Å². The fraction of sp³-hybridized carbons (Fsp3) is 1.00. The molecule has 108 valence electrons. The summed E-state index contributed by atoms with van der Waals surface area (Å²) in [6.45, 7) is 0. The van der Waals surface area contributed by atoms with E-state index in [1.54, 1.807) is 0 Å². The molecule has 1 aliphatic rings. The van der Waals surface area contributed by atoms with Crippen LogP contribution in [-0.4, -0.2) is 29.0 Å². The second-order valence-electron chi connectivity index (χ2n) is 4.83. The van der Waals surface area contributed by atoms with Gasteiger partial charge in [-0.25, -0.2) is 4.39 Å². The van der Waals surface area contributed by atoms with Crippen LogP contribution in [0.15, 0.2) is 0 Å². The van der Waals surface area contributed by atoms with Crippen LogP contribution in [-0.2, 0) is 0 Å². The Morgan fingerprint density at radius 1 is 0.833 bits per heavy atom. The summed E-state index contributed by atoms with van der Waals surface area (Å²) in [4.78, 5) is 0. The molecule has 7 heteroatoms. The van der Waals surface area contributed by atoms with E-state index in [0.29, 0.717) is 12.8 Å². The first-order valence-electron chi connectivity index (χ1n) is 5.92. The zero-order valence-corrected chi connectivity index (χ0v) is 9.74. The molecule has 1 saturated carbocycles. The number of rotatable bonds is 2. The van der Waals surface area contributed by atoms with Gasteiger partial charge in [-0.2, -0.15) is 22.0 Å². The van der Waals surface area contributed by atoms with Gasteiger partial charge in [-0.05, 0) is 12.8 Å². The molecular weight excluding hydrogens is 262 g/mol. The maximum Gasteiger partial charge on any atom is 0.425 e. The van der Waals surface area contributed by atoms with Gasteiger partial charge in [-0.15, -0.1) is 0 Å². The van der Waals surface area contributed by atoms with E-state index in [9.17, 15) is 31.4 Å². The van der Waals surface area contributed by atoms with Crippen LogP contribution in [0.4, 0.5) is 26.3 Å². The molecule has 0 radical (unpaired) electrons. The standard InChI is InChI=1S/C11H16F6O/c12-8(11(15,16)17)10(13,14)9(18)6-4-2-1-3-5-7-9/h8,18H,1-7H2. The minimum Gasteiger partial charge on any atom is -0.383 e. The monoisotopic (exact) mass is 278 g/mol. The summed E-state index contributed by atoms with van der Waals surface area (Å²) >= 11 is 0. The van der Waals surface area contributed by atoms with E-state index in [4.69, 9.17) is 0 Å². The fourth-order valence-electron chi connectivity index (χ4n) is 2.26. The van der Waals surface area contributed by atoms with Crippen LogP contribution in [0.2, 0.25) is 0 Å². The Labute approximate surface area is 101 Å². The van der Waals surface area contributed by atoms with E-state index in [-0.39, 0.29) is 12.8 Å². The van der Waals surface area contributed by atoms with Gasteiger partial charge in [0.15, 0.2) is 0 Å². The summed E-state index contributed by atoms with van der Waals surface area (Å²) < 4.78 is 76.3. The summed E-state index contributed by atoms with van der Waals surface area (Å²) in [5, 5.41) is 9.75. The lowest BCUT2D eigenvalue weighted by Crippen LogP contribution is -2.58. The van der Waals surface area contributed by atoms with Crippen LogP contribution in [0, 0.1) is 0 Å². The summed E-state index contributed by atoms with van der Waals surface area (Å²) in [5.41, 5.74) is -2.90. The molecule has 1 N–H and O–H groups in total. The van der Waals surface area contributed by atoms with Gasteiger partial charge in [-0.1, -0.05) is 32.1 Å². The number of alkyl halides is 6. The van der Waals surface area contributed by atoms with Crippen molar-refractivity contribution in [2.45, 2.75) is 68.8 Å². The summed E-state index contributed by atoms with van der Waals surface area (Å²) in [6, 6.07) is 0. The predicted octanol–water partition coefficient (Wildman–Crippen LogP) is 4.00. The minimum atomic E-state index is -5.67. The zero-order valence-electron chi connectivity index (χ0n) is 9.74. The Hall–Kier alpha value is -0.460. The van der Waals surface area contributed by atoms with Gasteiger partial charge >= 0.3 is 12.1 Å². The van der Waals surface area contributed by atoms with Gasteiger partial charge in [0.2, 0.25) is 0 Å². The van der Waals surface area contributed by atoms with E-state index in [1.165, 1.54) is 0 Å². The Balaban J connectivity index is 2.91. The molecule has 0 aromatic rings. The zero-order chi connectivity index (χ0) is 14.0. The number of aliphatic hydroxyl groups is 1. The average Bonchev–Trinajstić information content (AvgIpc) is 2.21. The second kappa shape index (κ2) is 5.27. The van der Waals surface area contributed by atoms with Gasteiger partial charge in [0.1, 0.15) is 5.60 Å². The van der Waals surface area contributed by atoms with E-state index in [1.807, 2.05) is 0 Å². The van der Waals surface area contributed by atoms with Crippen LogP contribution in [0.1, 0.15) is 44.9 Å². The lowest BCUT2D eigenvalue weighted by Gasteiger charge is -2.39. The third-order valence-electron chi connectivity index (χ3n) is 3.41. The Morgan fingerprint density at radius 2 is 1.22 bits per heavy atom. The van der Waals surface area contributed by atoms with Crippen LogP contribution in [0.3, 0.4) is 0 Å². The molecule has 1 fully saturated rings. The molecule has 0 heterocycles. The third-order valence-corrected chi connectivity index (χ3v) is 3.41. The first-order valence-corrected chi connectivity index (χ1v) is 5.92. The van der Waals surface area contributed by atoms with Crippen LogP contribution < -0.4 is 0 Å². The molecule has 1 nitrogen and oxygen atoms in total. The van der Waals surface area contributed by atoms with Gasteiger partial charge < -0.3 is 5.11 Å². The summed E-state index contributed by atoms with van der Waals surface area (Å²) in [5.74, 6) is -4.80.